The first-order valence-corrected chi connectivity index (χ1v) is 28.1. The van der Waals surface area contributed by atoms with Gasteiger partial charge in [-0.2, -0.15) is 0 Å². The van der Waals surface area contributed by atoms with Crippen LogP contribution >= 0.6 is 0 Å². The van der Waals surface area contributed by atoms with E-state index in [1.807, 2.05) is 0 Å². The van der Waals surface area contributed by atoms with Crippen molar-refractivity contribution in [3.8, 4) is 95.1 Å². The monoisotopic (exact) mass is 1070 g/mol. The summed E-state index contributed by atoms with van der Waals surface area (Å²) < 4.78 is 13.5. The summed E-state index contributed by atoms with van der Waals surface area (Å²) in [5.74, 6) is 2.08. The lowest BCUT2D eigenvalue weighted by atomic mass is 9.93. The van der Waals surface area contributed by atoms with Crippen LogP contribution in [0.3, 0.4) is 0 Å². The third-order valence-electron chi connectivity index (χ3n) is 15.1. The molecule has 4 heteroatoms. The molecule has 4 nitrogen and oxygen atoms in total. The molecule has 13 aromatic carbocycles. The molecule has 0 heterocycles. The molecule has 13 rings (SSSR count). The number of anilines is 6. The summed E-state index contributed by atoms with van der Waals surface area (Å²) in [6.07, 6.45) is 0. The number of ether oxygens (including phenoxy) is 2. The number of para-hydroxylation sites is 2. The number of rotatable bonds is 16. The van der Waals surface area contributed by atoms with E-state index < -0.39 is 0 Å². The van der Waals surface area contributed by atoms with Gasteiger partial charge in [0, 0.05) is 51.8 Å². The Hall–Kier alpha value is -10.9. The van der Waals surface area contributed by atoms with Crippen molar-refractivity contribution in [2.24, 2.45) is 0 Å². The molecule has 0 unspecified atom stereocenters. The highest BCUT2D eigenvalue weighted by Crippen LogP contribution is 2.51. The summed E-state index contributed by atoms with van der Waals surface area (Å²) in [4.78, 5) is 4.79. The summed E-state index contributed by atoms with van der Waals surface area (Å²) >= 11 is 0. The van der Waals surface area contributed by atoms with Crippen LogP contribution in [0.1, 0.15) is 0 Å². The third kappa shape index (κ3) is 11.1. The van der Waals surface area contributed by atoms with Gasteiger partial charge in [-0.1, -0.05) is 267 Å². The molecular weight excluding hydrogens is 1010 g/mol. The molecule has 0 aromatic heterocycles. The van der Waals surface area contributed by atoms with Crippen LogP contribution in [0, 0.1) is 0 Å². The summed E-state index contributed by atoms with van der Waals surface area (Å²) in [5, 5.41) is 0. The highest BCUT2D eigenvalue weighted by molar-refractivity contribution is 6.00. The van der Waals surface area contributed by atoms with Crippen LogP contribution in [0.25, 0.3) is 77.9 Å². The lowest BCUT2D eigenvalue weighted by Gasteiger charge is -2.32. The SMILES string of the molecule is COc1cc(-c2ccccc2)cc(N(c2cccc(Oc3cc(-c4ccccc4)cc(N(c4cccc(-c5ccccc5)c4)c4c(-c5ccccc5)cccc4-c4ccccc4)c3)c2)c2c(-c3ccccc3)cccc2-c2ccccc2)c1. The first-order chi connectivity index (χ1) is 41.1. The Balaban J connectivity index is 1.03. The van der Waals surface area contributed by atoms with E-state index in [0.29, 0.717) is 11.5 Å². The van der Waals surface area contributed by atoms with Gasteiger partial charge in [0.25, 0.3) is 0 Å². The molecule has 0 spiro atoms. The van der Waals surface area contributed by atoms with Crippen molar-refractivity contribution < 1.29 is 9.47 Å². The van der Waals surface area contributed by atoms with Crippen LogP contribution in [0.15, 0.2) is 334 Å². The molecule has 396 valence electrons. The summed E-state index contributed by atoms with van der Waals surface area (Å²) in [7, 11) is 1.74. The van der Waals surface area contributed by atoms with E-state index in [9.17, 15) is 0 Å². The van der Waals surface area contributed by atoms with Gasteiger partial charge in [0.2, 0.25) is 0 Å². The predicted octanol–water partition coefficient (Wildman–Crippen LogP) is 22.1. The van der Waals surface area contributed by atoms with Crippen LogP contribution in [-0.4, -0.2) is 7.11 Å². The molecule has 83 heavy (non-hydrogen) atoms. The lowest BCUT2D eigenvalue weighted by molar-refractivity contribution is 0.415. The van der Waals surface area contributed by atoms with Crippen molar-refractivity contribution >= 4 is 34.1 Å². The molecule has 0 bridgehead atoms. The average molecular weight is 1070 g/mol. The molecule has 0 saturated heterocycles. The van der Waals surface area contributed by atoms with Gasteiger partial charge in [0.05, 0.1) is 29.9 Å². The van der Waals surface area contributed by atoms with E-state index in [-0.39, 0.29) is 0 Å². The van der Waals surface area contributed by atoms with Crippen molar-refractivity contribution in [3.05, 3.63) is 334 Å². The van der Waals surface area contributed by atoms with Gasteiger partial charge in [-0.25, -0.2) is 0 Å². The van der Waals surface area contributed by atoms with Crippen LogP contribution in [0.5, 0.6) is 17.2 Å². The molecule has 0 amide bonds. The zero-order valence-corrected chi connectivity index (χ0v) is 46.0. The van der Waals surface area contributed by atoms with Gasteiger partial charge in [-0.05, 0) is 104 Å². The fourth-order valence-corrected chi connectivity index (χ4v) is 11.3. The van der Waals surface area contributed by atoms with E-state index in [0.717, 1.165) is 118 Å². The Morgan fingerprint density at radius 2 is 0.494 bits per heavy atom. The molecule has 0 fully saturated rings. The zero-order valence-electron chi connectivity index (χ0n) is 46.0. The van der Waals surface area contributed by atoms with Crippen LogP contribution in [0.2, 0.25) is 0 Å². The minimum absolute atomic E-state index is 0.667. The van der Waals surface area contributed by atoms with Gasteiger partial charge in [0.15, 0.2) is 0 Å². The fraction of sp³-hybridized carbons (Fsp3) is 0.0127. The Morgan fingerprint density at radius 1 is 0.205 bits per heavy atom. The Labute approximate surface area is 486 Å². The normalized spacial score (nSPS) is 11.0. The first kappa shape index (κ1) is 51.5. The van der Waals surface area contributed by atoms with Crippen molar-refractivity contribution in [2.45, 2.75) is 0 Å². The fourth-order valence-electron chi connectivity index (χ4n) is 11.3. The maximum atomic E-state index is 7.38. The van der Waals surface area contributed by atoms with E-state index in [1.165, 1.54) is 0 Å². The molecule has 0 N–H and O–H groups in total. The number of hydrogen-bond acceptors (Lipinski definition) is 4. The maximum Gasteiger partial charge on any atom is 0.130 e. The second-order valence-electron chi connectivity index (χ2n) is 20.4. The van der Waals surface area contributed by atoms with Crippen LogP contribution in [-0.2, 0) is 0 Å². The van der Waals surface area contributed by atoms with Gasteiger partial charge < -0.3 is 19.3 Å². The zero-order chi connectivity index (χ0) is 55.7. The van der Waals surface area contributed by atoms with Crippen LogP contribution in [0.4, 0.5) is 34.1 Å². The Morgan fingerprint density at radius 3 is 0.892 bits per heavy atom. The molecule has 0 aliphatic rings. The van der Waals surface area contributed by atoms with E-state index >= 15 is 0 Å². The Kier molecular flexibility index (Phi) is 14.8. The highest BCUT2D eigenvalue weighted by atomic mass is 16.5. The number of benzene rings is 13. The number of methoxy groups -OCH3 is 1. The standard InChI is InChI=1S/C79H58N2O2/c1-82-72-52-65(58-29-11-3-12-30-58)50-69(55-72)81(79-76(62-37-19-7-20-38-62)47-26-48-77(79)63-39-21-8-22-40-63)68-43-24-44-71(54-68)83-73-53-66(59-31-13-4-14-32-59)51-70(56-73)80(67-42-23-41-64(49-67)57-27-9-2-10-28-57)78-74(60-33-15-5-16-34-60)45-25-46-75(78)61-35-17-6-18-36-61/h2-56H,1H3. The predicted molar refractivity (Wildman–Crippen MR) is 347 cm³/mol. The molecule has 0 aliphatic carbocycles. The summed E-state index contributed by atoms with van der Waals surface area (Å²) in [5.41, 5.74) is 21.0. The van der Waals surface area contributed by atoms with Gasteiger partial charge >= 0.3 is 0 Å². The minimum Gasteiger partial charge on any atom is -0.497 e. The maximum absolute atomic E-state index is 7.38. The molecule has 0 saturated carbocycles. The van der Waals surface area contributed by atoms with E-state index in [4.69, 9.17) is 9.47 Å². The van der Waals surface area contributed by atoms with E-state index in [2.05, 4.69) is 343 Å². The van der Waals surface area contributed by atoms with E-state index in [1.54, 1.807) is 7.11 Å². The van der Waals surface area contributed by atoms with Crippen molar-refractivity contribution in [3.63, 3.8) is 0 Å². The Bertz CT molecular complexity index is 4190. The second-order valence-corrected chi connectivity index (χ2v) is 20.4. The summed E-state index contributed by atoms with van der Waals surface area (Å²) in [6.45, 7) is 0. The smallest absolute Gasteiger partial charge is 0.130 e. The third-order valence-corrected chi connectivity index (χ3v) is 15.1. The number of nitrogens with zero attached hydrogens (tertiary/aromatic N) is 2. The molecule has 13 aromatic rings. The van der Waals surface area contributed by atoms with Crippen LogP contribution < -0.4 is 19.3 Å². The molecule has 0 radical (unpaired) electrons. The van der Waals surface area contributed by atoms with Crippen molar-refractivity contribution in [1.82, 2.24) is 0 Å². The van der Waals surface area contributed by atoms with Gasteiger partial charge in [0.1, 0.15) is 17.2 Å². The number of hydrogen-bond donors (Lipinski definition) is 0. The summed E-state index contributed by atoms with van der Waals surface area (Å²) in [6, 6.07) is 118. The topological polar surface area (TPSA) is 24.9 Å². The molecular formula is C79H58N2O2. The largest absolute Gasteiger partial charge is 0.497 e. The first-order valence-electron chi connectivity index (χ1n) is 28.1. The van der Waals surface area contributed by atoms with Gasteiger partial charge in [-0.3, -0.25) is 0 Å². The van der Waals surface area contributed by atoms with Crippen molar-refractivity contribution in [2.75, 3.05) is 16.9 Å². The highest BCUT2D eigenvalue weighted by Gasteiger charge is 2.26. The lowest BCUT2D eigenvalue weighted by Crippen LogP contribution is -2.13. The molecule has 0 atom stereocenters. The van der Waals surface area contributed by atoms with Gasteiger partial charge in [-0.15, -0.1) is 0 Å². The average Bonchev–Trinajstić information content (AvgIpc) is 3.75. The quantitative estimate of drug-likeness (QED) is 0.0963. The second kappa shape index (κ2) is 23.8. The minimum atomic E-state index is 0.667. The molecule has 0 aliphatic heterocycles. The van der Waals surface area contributed by atoms with Crippen molar-refractivity contribution in [1.29, 1.82) is 0 Å².